The molecule has 2 aromatic rings. The highest BCUT2D eigenvalue weighted by atomic mass is 19.4. The van der Waals surface area contributed by atoms with Gasteiger partial charge in [0.25, 0.3) is 0 Å². The summed E-state index contributed by atoms with van der Waals surface area (Å²) >= 11 is 0. The number of halogens is 3. The molecule has 2 atom stereocenters. The average molecular weight is 512 g/mol. The molecule has 0 spiro atoms. The minimum atomic E-state index is -4.89. The molecule has 2 aromatic heterocycles. The highest BCUT2D eigenvalue weighted by molar-refractivity contribution is 5.70. The van der Waals surface area contributed by atoms with Crippen LogP contribution >= 0.6 is 0 Å². The number of nitrogens with zero attached hydrogens (tertiary/aromatic N) is 6. The van der Waals surface area contributed by atoms with Gasteiger partial charge in [0.05, 0.1) is 12.1 Å². The molecule has 1 N–H and O–H groups in total. The van der Waals surface area contributed by atoms with Crippen LogP contribution in [0.4, 0.5) is 18.0 Å². The molecule has 0 aromatic carbocycles. The summed E-state index contributed by atoms with van der Waals surface area (Å²) < 4.78 is 53.7. The first-order valence-corrected chi connectivity index (χ1v) is 11.6. The number of hydrogen-bond acceptors (Lipinski definition) is 8. The Labute approximate surface area is 204 Å². The first kappa shape index (κ1) is 25.6. The molecule has 0 bridgehead atoms. The summed E-state index contributed by atoms with van der Waals surface area (Å²) in [7, 11) is 3.14. The minimum Gasteiger partial charge on any atom is -0.481 e. The van der Waals surface area contributed by atoms with Crippen molar-refractivity contribution in [2.24, 2.45) is 18.9 Å². The first-order valence-electron chi connectivity index (χ1n) is 11.6. The number of aryl methyl sites for hydroxylation is 1. The summed E-state index contributed by atoms with van der Waals surface area (Å²) in [6.07, 6.45) is -1.50. The van der Waals surface area contributed by atoms with Crippen molar-refractivity contribution in [2.75, 3.05) is 13.6 Å². The second-order valence-corrected chi connectivity index (χ2v) is 9.24. The zero-order valence-corrected chi connectivity index (χ0v) is 19.9. The average Bonchev–Trinajstić information content (AvgIpc) is 3.57. The molecule has 4 rings (SSSR count). The van der Waals surface area contributed by atoms with Crippen molar-refractivity contribution in [1.29, 1.82) is 0 Å². The summed E-state index contributed by atoms with van der Waals surface area (Å²) in [6.45, 7) is 0.304. The number of carboxylic acid groups (broad SMARTS) is 1. The highest BCUT2D eigenvalue weighted by Crippen LogP contribution is 2.37. The summed E-state index contributed by atoms with van der Waals surface area (Å²) in [5.41, 5.74) is -1.33. The van der Waals surface area contributed by atoms with E-state index < -0.39 is 41.8 Å². The number of alkyl halides is 3. The van der Waals surface area contributed by atoms with Crippen LogP contribution in [0.1, 0.15) is 49.9 Å². The molecule has 2 aliphatic carbocycles. The molecule has 0 aliphatic heterocycles. The molecule has 11 nitrogen and oxygen atoms in total. The van der Waals surface area contributed by atoms with E-state index in [1.165, 1.54) is 16.6 Å². The maximum atomic E-state index is 13.9. The van der Waals surface area contributed by atoms with Crippen molar-refractivity contribution in [2.45, 2.75) is 57.4 Å². The normalized spacial score (nSPS) is 20.1. The van der Waals surface area contributed by atoms with E-state index in [0.29, 0.717) is 31.7 Å². The predicted molar refractivity (Wildman–Crippen MR) is 117 cm³/mol. The quantitative estimate of drug-likeness (QED) is 0.566. The fourth-order valence-corrected chi connectivity index (χ4v) is 4.14. The number of ether oxygens (including phenoxy) is 2. The summed E-state index contributed by atoms with van der Waals surface area (Å²) in [5.74, 6) is -1.94. The number of aliphatic carboxylic acids is 1. The maximum absolute atomic E-state index is 13.9. The molecule has 36 heavy (non-hydrogen) atoms. The number of amides is 1. The number of carbonyl (C=O) groups excluding carboxylic acids is 1. The molecule has 1 amide bonds. The molecule has 0 unspecified atom stereocenters. The lowest BCUT2D eigenvalue weighted by molar-refractivity contribution is -0.146. The third-order valence-electron chi connectivity index (χ3n) is 6.32. The lowest BCUT2D eigenvalue weighted by Crippen LogP contribution is -2.30. The Morgan fingerprint density at radius 2 is 2.00 bits per heavy atom. The van der Waals surface area contributed by atoms with Crippen molar-refractivity contribution >= 4 is 12.1 Å². The molecule has 2 saturated carbocycles. The Balaban J connectivity index is 1.53. The van der Waals surface area contributed by atoms with E-state index in [9.17, 15) is 27.9 Å². The second-order valence-electron chi connectivity index (χ2n) is 9.24. The molecule has 2 fully saturated rings. The number of carbonyl (C=O) groups is 2. The van der Waals surface area contributed by atoms with E-state index in [0.717, 1.165) is 19.0 Å². The van der Waals surface area contributed by atoms with E-state index in [-0.39, 0.29) is 30.1 Å². The molecule has 0 saturated heterocycles. The number of aromatic nitrogens is 5. The predicted octanol–water partition coefficient (Wildman–Crippen LogP) is 3.29. The Morgan fingerprint density at radius 1 is 1.25 bits per heavy atom. The molecule has 0 radical (unpaired) electrons. The SMILES string of the molecule is CN(CC1CC1)C(=O)OCc1c(-c2cnc(O[C@H]3CCC[C@H](C(=O)O)C3)c(C(F)(F)F)n2)nnn1C. The van der Waals surface area contributed by atoms with Crippen molar-refractivity contribution in [3.05, 3.63) is 17.6 Å². The fraction of sp³-hybridized carbons (Fsp3) is 0.636. The Bertz CT molecular complexity index is 1120. The van der Waals surface area contributed by atoms with E-state index >= 15 is 0 Å². The Morgan fingerprint density at radius 3 is 2.67 bits per heavy atom. The third kappa shape index (κ3) is 6.02. The lowest BCUT2D eigenvalue weighted by Gasteiger charge is -2.27. The monoisotopic (exact) mass is 512 g/mol. The molecule has 196 valence electrons. The van der Waals surface area contributed by atoms with Crippen molar-refractivity contribution in [1.82, 2.24) is 29.9 Å². The Hall–Kier alpha value is -3.45. The van der Waals surface area contributed by atoms with Crippen molar-refractivity contribution < 1.29 is 37.3 Å². The van der Waals surface area contributed by atoms with Crippen molar-refractivity contribution in [3.8, 4) is 17.3 Å². The Kier molecular flexibility index (Phi) is 7.31. The van der Waals surface area contributed by atoms with Crippen LogP contribution in [0.5, 0.6) is 5.88 Å². The van der Waals surface area contributed by atoms with Crippen LogP contribution in [-0.4, -0.2) is 66.7 Å². The van der Waals surface area contributed by atoms with E-state index in [1.54, 1.807) is 7.05 Å². The maximum Gasteiger partial charge on any atom is 0.438 e. The van der Waals surface area contributed by atoms with Gasteiger partial charge in [-0.3, -0.25) is 4.79 Å². The molecule has 2 heterocycles. The van der Waals surface area contributed by atoms with Gasteiger partial charge >= 0.3 is 18.2 Å². The molecular formula is C22H27F3N6O5. The van der Waals surface area contributed by atoms with Crippen LogP contribution in [0, 0.1) is 11.8 Å². The lowest BCUT2D eigenvalue weighted by atomic mass is 9.87. The van der Waals surface area contributed by atoms with Gasteiger partial charge in [-0.25, -0.2) is 19.4 Å². The van der Waals surface area contributed by atoms with Crippen LogP contribution in [0.2, 0.25) is 0 Å². The van der Waals surface area contributed by atoms with Crippen molar-refractivity contribution in [3.63, 3.8) is 0 Å². The van der Waals surface area contributed by atoms with Gasteiger partial charge in [-0.2, -0.15) is 13.2 Å². The summed E-state index contributed by atoms with van der Waals surface area (Å²) in [6, 6.07) is 0. The standard InChI is InChI=1S/C22H27F3N6O5/c1-30(10-12-6-7-12)21(34)35-11-16-17(28-29-31(16)2)15-9-26-19(18(27-15)22(23,24)25)36-14-5-3-4-13(8-14)20(32)33/h9,12-14H,3-8,10-11H2,1-2H3,(H,32,33)/t13-,14-/m0/s1. The number of hydrogen-bond donors (Lipinski definition) is 1. The summed E-state index contributed by atoms with van der Waals surface area (Å²) in [5, 5.41) is 17.0. The van der Waals surface area contributed by atoms with Gasteiger partial charge in [-0.15, -0.1) is 5.10 Å². The van der Waals surface area contributed by atoms with Gasteiger partial charge in [0.1, 0.15) is 29.8 Å². The first-order chi connectivity index (χ1) is 17.0. The largest absolute Gasteiger partial charge is 0.481 e. The number of carboxylic acids is 1. The second kappa shape index (κ2) is 10.3. The zero-order chi connectivity index (χ0) is 26.0. The van der Waals surface area contributed by atoms with Crippen LogP contribution in [0.15, 0.2) is 6.20 Å². The topological polar surface area (TPSA) is 133 Å². The molecule has 2 aliphatic rings. The van der Waals surface area contributed by atoms with Gasteiger partial charge in [0.2, 0.25) is 11.6 Å². The van der Waals surface area contributed by atoms with Gasteiger partial charge in [-0.1, -0.05) is 5.21 Å². The van der Waals surface area contributed by atoms with Gasteiger partial charge in [0.15, 0.2) is 0 Å². The molecule has 14 heteroatoms. The van der Waals surface area contributed by atoms with E-state index in [1.807, 2.05) is 0 Å². The summed E-state index contributed by atoms with van der Waals surface area (Å²) in [4.78, 5) is 32.6. The highest BCUT2D eigenvalue weighted by Gasteiger charge is 2.40. The van der Waals surface area contributed by atoms with Gasteiger partial charge < -0.3 is 19.5 Å². The smallest absolute Gasteiger partial charge is 0.438 e. The van der Waals surface area contributed by atoms with E-state index in [2.05, 4.69) is 20.3 Å². The number of rotatable bonds is 8. The van der Waals surface area contributed by atoms with E-state index in [4.69, 9.17) is 9.47 Å². The van der Waals surface area contributed by atoms with Crippen LogP contribution in [0.25, 0.3) is 11.4 Å². The zero-order valence-electron chi connectivity index (χ0n) is 19.9. The third-order valence-corrected chi connectivity index (χ3v) is 6.32. The van der Waals surface area contributed by atoms with Crippen LogP contribution in [-0.2, 0) is 29.4 Å². The fourth-order valence-electron chi connectivity index (χ4n) is 4.14. The van der Waals surface area contributed by atoms with Gasteiger partial charge in [0, 0.05) is 20.6 Å². The minimum absolute atomic E-state index is 0.0108. The van der Waals surface area contributed by atoms with Crippen LogP contribution in [0.3, 0.4) is 0 Å². The van der Waals surface area contributed by atoms with Crippen LogP contribution < -0.4 is 4.74 Å². The molecular weight excluding hydrogens is 485 g/mol. The van der Waals surface area contributed by atoms with Gasteiger partial charge in [-0.05, 0) is 44.4 Å².